The van der Waals surface area contributed by atoms with Crippen LogP contribution in [0.3, 0.4) is 0 Å². The summed E-state index contributed by atoms with van der Waals surface area (Å²) in [4.78, 5) is 13.2. The summed E-state index contributed by atoms with van der Waals surface area (Å²) < 4.78 is 1.77. The minimum absolute atomic E-state index is 0.322. The molecule has 0 spiro atoms. The number of aromatic nitrogens is 7. The number of hydrogen-bond donors (Lipinski definition) is 1. The molecule has 3 aromatic rings. The molecule has 0 unspecified atom stereocenters. The molecule has 1 N–H and O–H groups in total. The van der Waals surface area contributed by atoms with Crippen LogP contribution >= 0.6 is 0 Å². The topological polar surface area (TPSA) is 84.6 Å². The van der Waals surface area contributed by atoms with Gasteiger partial charge in [-0.15, -0.1) is 0 Å². The second kappa shape index (κ2) is 4.09. The molecule has 102 valence electrons. The summed E-state index contributed by atoms with van der Waals surface area (Å²) in [6.07, 6.45) is 3.91. The van der Waals surface area contributed by atoms with Crippen molar-refractivity contribution in [2.45, 2.75) is 38.5 Å². The van der Waals surface area contributed by atoms with Crippen molar-refractivity contribution in [3.8, 4) is 11.5 Å². The lowest BCUT2D eigenvalue weighted by Gasteiger charge is -2.08. The van der Waals surface area contributed by atoms with Crippen LogP contribution in [0.2, 0.25) is 0 Å². The van der Waals surface area contributed by atoms with Gasteiger partial charge in [0.1, 0.15) is 17.8 Å². The number of nitrogens with one attached hydrogen (secondary N) is 1. The van der Waals surface area contributed by atoms with Crippen molar-refractivity contribution in [3.05, 3.63) is 23.9 Å². The molecule has 1 aliphatic carbocycles. The molecule has 4 rings (SSSR count). The van der Waals surface area contributed by atoms with Crippen LogP contribution in [0.5, 0.6) is 0 Å². The van der Waals surface area contributed by atoms with E-state index in [0.717, 1.165) is 17.2 Å². The zero-order valence-electron chi connectivity index (χ0n) is 11.4. The fourth-order valence-corrected chi connectivity index (χ4v) is 2.29. The third-order valence-corrected chi connectivity index (χ3v) is 3.57. The minimum atomic E-state index is 0.322. The summed E-state index contributed by atoms with van der Waals surface area (Å²) in [6, 6.07) is 1.99. The van der Waals surface area contributed by atoms with Crippen LogP contribution in [0.15, 0.2) is 12.4 Å². The molecule has 0 bridgehead atoms. The fourth-order valence-electron chi connectivity index (χ4n) is 2.29. The van der Waals surface area contributed by atoms with Crippen molar-refractivity contribution >= 4 is 5.78 Å². The highest BCUT2D eigenvalue weighted by Crippen LogP contribution is 2.38. The lowest BCUT2D eigenvalue weighted by molar-refractivity contribution is 0.749. The molecule has 3 heterocycles. The lowest BCUT2D eigenvalue weighted by atomic mass is 10.1. The maximum Gasteiger partial charge on any atom is 0.253 e. The van der Waals surface area contributed by atoms with E-state index in [1.165, 1.54) is 19.2 Å². The molecule has 20 heavy (non-hydrogen) atoms. The summed E-state index contributed by atoms with van der Waals surface area (Å²) in [6.45, 7) is 4.24. The summed E-state index contributed by atoms with van der Waals surface area (Å²) in [7, 11) is 0. The van der Waals surface area contributed by atoms with E-state index >= 15 is 0 Å². The predicted molar refractivity (Wildman–Crippen MR) is 72.2 cm³/mol. The average Bonchev–Trinajstić information content (AvgIpc) is 3.00. The van der Waals surface area contributed by atoms with Gasteiger partial charge in [-0.05, 0) is 24.8 Å². The van der Waals surface area contributed by atoms with Crippen LogP contribution in [0, 0.1) is 0 Å². The second-order valence-electron chi connectivity index (χ2n) is 5.51. The van der Waals surface area contributed by atoms with E-state index in [0.29, 0.717) is 23.4 Å². The zero-order valence-corrected chi connectivity index (χ0v) is 11.4. The van der Waals surface area contributed by atoms with Crippen molar-refractivity contribution in [1.29, 1.82) is 0 Å². The van der Waals surface area contributed by atoms with E-state index in [9.17, 15) is 0 Å². The molecule has 0 saturated heterocycles. The number of nitrogens with zero attached hydrogens (tertiary/aromatic N) is 6. The van der Waals surface area contributed by atoms with Crippen LogP contribution in [0.25, 0.3) is 17.3 Å². The Bertz CT molecular complexity index is 766. The van der Waals surface area contributed by atoms with Gasteiger partial charge in [0.2, 0.25) is 0 Å². The minimum Gasteiger partial charge on any atom is -0.262 e. The standard InChI is InChI=1S/C13H15N7/c1-7(2)10-5-9(16-13-14-6-15-20(10)13)12-17-11(18-19-12)8-3-4-8/h5-8H,3-4H2,1-2H3,(H,17,18,19). The van der Waals surface area contributed by atoms with Gasteiger partial charge >= 0.3 is 0 Å². The zero-order chi connectivity index (χ0) is 13.7. The molecule has 7 nitrogen and oxygen atoms in total. The normalized spacial score (nSPS) is 15.3. The van der Waals surface area contributed by atoms with E-state index < -0.39 is 0 Å². The maximum atomic E-state index is 4.55. The van der Waals surface area contributed by atoms with Gasteiger partial charge in [0.25, 0.3) is 5.78 Å². The van der Waals surface area contributed by atoms with E-state index in [1.54, 1.807) is 4.52 Å². The first-order valence-electron chi connectivity index (χ1n) is 6.85. The van der Waals surface area contributed by atoms with E-state index in [-0.39, 0.29) is 0 Å². The maximum absolute atomic E-state index is 4.55. The molecular weight excluding hydrogens is 254 g/mol. The van der Waals surface area contributed by atoms with E-state index in [1.807, 2.05) is 6.07 Å². The number of rotatable bonds is 3. The summed E-state index contributed by atoms with van der Waals surface area (Å²) in [5.74, 6) is 3.07. The third-order valence-electron chi connectivity index (χ3n) is 3.57. The Hall–Kier alpha value is -2.31. The molecule has 7 heteroatoms. The van der Waals surface area contributed by atoms with Crippen molar-refractivity contribution in [2.24, 2.45) is 0 Å². The Labute approximate surface area is 115 Å². The Morgan fingerprint density at radius 3 is 2.90 bits per heavy atom. The first-order valence-corrected chi connectivity index (χ1v) is 6.85. The van der Waals surface area contributed by atoms with E-state index in [2.05, 4.69) is 44.1 Å². The number of H-pyrrole nitrogens is 1. The summed E-state index contributed by atoms with van der Waals surface area (Å²) >= 11 is 0. The van der Waals surface area contributed by atoms with Gasteiger partial charge in [-0.25, -0.2) is 14.5 Å². The van der Waals surface area contributed by atoms with Crippen molar-refractivity contribution in [1.82, 2.24) is 34.8 Å². The van der Waals surface area contributed by atoms with Gasteiger partial charge in [0, 0.05) is 5.92 Å². The highest BCUT2D eigenvalue weighted by molar-refractivity contribution is 5.53. The van der Waals surface area contributed by atoms with Crippen LogP contribution < -0.4 is 0 Å². The van der Waals surface area contributed by atoms with Crippen LogP contribution in [0.1, 0.15) is 50.0 Å². The highest BCUT2D eigenvalue weighted by Gasteiger charge is 2.27. The average molecular weight is 269 g/mol. The Morgan fingerprint density at radius 2 is 2.15 bits per heavy atom. The smallest absolute Gasteiger partial charge is 0.253 e. The van der Waals surface area contributed by atoms with Crippen LogP contribution in [-0.2, 0) is 0 Å². The number of aromatic amines is 1. The van der Waals surface area contributed by atoms with Gasteiger partial charge in [0.05, 0.1) is 5.69 Å². The van der Waals surface area contributed by atoms with Crippen molar-refractivity contribution in [3.63, 3.8) is 0 Å². The summed E-state index contributed by atoms with van der Waals surface area (Å²) in [5.41, 5.74) is 1.80. The Kier molecular flexibility index (Phi) is 2.35. The monoisotopic (exact) mass is 269 g/mol. The molecule has 1 fully saturated rings. The quantitative estimate of drug-likeness (QED) is 0.785. The molecule has 0 aliphatic heterocycles. The van der Waals surface area contributed by atoms with Crippen molar-refractivity contribution < 1.29 is 0 Å². The van der Waals surface area contributed by atoms with Gasteiger partial charge < -0.3 is 0 Å². The van der Waals surface area contributed by atoms with Gasteiger partial charge in [-0.3, -0.25) is 5.10 Å². The molecule has 0 radical (unpaired) electrons. The molecule has 0 aromatic carbocycles. The molecule has 1 aliphatic rings. The van der Waals surface area contributed by atoms with E-state index in [4.69, 9.17) is 0 Å². The Balaban J connectivity index is 1.85. The molecule has 3 aromatic heterocycles. The first kappa shape index (κ1) is 11.5. The highest BCUT2D eigenvalue weighted by atomic mass is 15.3. The molecule has 1 saturated carbocycles. The fraction of sp³-hybridized carbons (Fsp3) is 0.462. The SMILES string of the molecule is CC(C)c1cc(-c2n[nH]c(C3CC3)n2)nc2ncnn12. The number of hydrogen-bond acceptors (Lipinski definition) is 5. The summed E-state index contributed by atoms with van der Waals surface area (Å²) in [5, 5.41) is 11.5. The molecule has 0 amide bonds. The van der Waals surface area contributed by atoms with Crippen LogP contribution in [-0.4, -0.2) is 34.8 Å². The van der Waals surface area contributed by atoms with Crippen LogP contribution in [0.4, 0.5) is 0 Å². The largest absolute Gasteiger partial charge is 0.262 e. The van der Waals surface area contributed by atoms with Gasteiger partial charge in [0.15, 0.2) is 5.82 Å². The molecular formula is C13H15N7. The first-order chi connectivity index (χ1) is 9.72. The second-order valence-corrected chi connectivity index (χ2v) is 5.51. The lowest BCUT2D eigenvalue weighted by Crippen LogP contribution is -2.04. The Morgan fingerprint density at radius 1 is 1.30 bits per heavy atom. The molecule has 0 atom stereocenters. The number of fused-ring (bicyclic) bond motifs is 1. The van der Waals surface area contributed by atoms with Gasteiger partial charge in [-0.1, -0.05) is 13.8 Å². The van der Waals surface area contributed by atoms with Gasteiger partial charge in [-0.2, -0.15) is 15.2 Å². The van der Waals surface area contributed by atoms with Crippen molar-refractivity contribution in [2.75, 3.05) is 0 Å². The predicted octanol–water partition coefficient (Wildman–Crippen LogP) is 1.91. The third kappa shape index (κ3) is 1.77.